The van der Waals surface area contributed by atoms with Crippen molar-refractivity contribution >= 4 is 40.3 Å². The minimum atomic E-state index is -0.578. The van der Waals surface area contributed by atoms with Gasteiger partial charge in [-0.1, -0.05) is 29.8 Å². The number of thiophene rings is 1. The van der Waals surface area contributed by atoms with E-state index in [1.54, 1.807) is 6.08 Å². The number of aryl methyl sites for hydroxylation is 2. The normalized spacial score (nSPS) is 15.3. The van der Waals surface area contributed by atoms with Gasteiger partial charge in [0.25, 0.3) is 0 Å². The zero-order chi connectivity index (χ0) is 20.3. The van der Waals surface area contributed by atoms with E-state index >= 15 is 0 Å². The SMILES string of the molecule is COC(=O)c1c(NC(=O)/C=C/c2ccc(C)cc2)sc2c1C(C(=O)OC)CC2. The van der Waals surface area contributed by atoms with Crippen LogP contribution in [0.3, 0.4) is 0 Å². The van der Waals surface area contributed by atoms with Crippen molar-refractivity contribution in [3.8, 4) is 0 Å². The van der Waals surface area contributed by atoms with Gasteiger partial charge in [0.05, 0.1) is 25.7 Å². The number of carbonyl (C=O) groups is 3. The molecule has 0 aliphatic heterocycles. The molecule has 1 N–H and O–H groups in total. The third kappa shape index (κ3) is 3.99. The molecule has 1 aliphatic rings. The summed E-state index contributed by atoms with van der Waals surface area (Å²) < 4.78 is 9.75. The van der Waals surface area contributed by atoms with Gasteiger partial charge in [-0.3, -0.25) is 9.59 Å². The smallest absolute Gasteiger partial charge is 0.341 e. The van der Waals surface area contributed by atoms with Crippen molar-refractivity contribution in [1.82, 2.24) is 0 Å². The lowest BCUT2D eigenvalue weighted by atomic mass is 9.99. The number of anilines is 1. The molecular formula is C21H21NO5S. The number of hydrogen-bond acceptors (Lipinski definition) is 6. The van der Waals surface area contributed by atoms with Gasteiger partial charge < -0.3 is 14.8 Å². The van der Waals surface area contributed by atoms with E-state index in [9.17, 15) is 14.4 Å². The molecule has 28 heavy (non-hydrogen) atoms. The number of hydrogen-bond donors (Lipinski definition) is 1. The topological polar surface area (TPSA) is 81.7 Å². The summed E-state index contributed by atoms with van der Waals surface area (Å²) >= 11 is 1.30. The van der Waals surface area contributed by atoms with Gasteiger partial charge in [-0.2, -0.15) is 0 Å². The molecule has 0 spiro atoms. The second kappa shape index (κ2) is 8.39. The van der Waals surface area contributed by atoms with Crippen LogP contribution in [0.15, 0.2) is 30.3 Å². The molecule has 1 aromatic carbocycles. The lowest BCUT2D eigenvalue weighted by molar-refractivity contribution is -0.142. The van der Waals surface area contributed by atoms with Gasteiger partial charge in [0.2, 0.25) is 5.91 Å². The van der Waals surface area contributed by atoms with E-state index in [0.717, 1.165) is 16.0 Å². The number of ether oxygens (including phenoxy) is 2. The first-order valence-corrected chi connectivity index (χ1v) is 9.63. The van der Waals surface area contributed by atoms with Crippen LogP contribution in [0, 0.1) is 6.92 Å². The van der Waals surface area contributed by atoms with Crippen LogP contribution in [-0.4, -0.2) is 32.1 Å². The number of esters is 2. The van der Waals surface area contributed by atoms with Gasteiger partial charge in [0.1, 0.15) is 5.00 Å². The quantitative estimate of drug-likeness (QED) is 0.612. The molecule has 0 saturated carbocycles. The van der Waals surface area contributed by atoms with Crippen molar-refractivity contribution in [2.45, 2.75) is 25.7 Å². The van der Waals surface area contributed by atoms with Crippen LogP contribution < -0.4 is 5.32 Å². The lowest BCUT2D eigenvalue weighted by Crippen LogP contribution is -2.16. The fourth-order valence-corrected chi connectivity index (χ4v) is 4.51. The minimum Gasteiger partial charge on any atom is -0.469 e. The molecule has 1 unspecified atom stereocenters. The molecule has 146 valence electrons. The van der Waals surface area contributed by atoms with E-state index < -0.39 is 11.9 Å². The number of nitrogens with one attached hydrogen (secondary N) is 1. The number of benzene rings is 1. The van der Waals surface area contributed by atoms with E-state index in [-0.39, 0.29) is 17.4 Å². The molecule has 0 radical (unpaired) electrons. The molecule has 1 atom stereocenters. The van der Waals surface area contributed by atoms with Gasteiger partial charge in [-0.05, 0) is 37.0 Å². The van der Waals surface area contributed by atoms with Crippen LogP contribution >= 0.6 is 11.3 Å². The lowest BCUT2D eigenvalue weighted by Gasteiger charge is -2.11. The zero-order valence-electron chi connectivity index (χ0n) is 15.9. The summed E-state index contributed by atoms with van der Waals surface area (Å²) in [6.07, 6.45) is 4.34. The van der Waals surface area contributed by atoms with Crippen LogP contribution in [0.1, 0.15) is 44.3 Å². The molecule has 6 nitrogen and oxygen atoms in total. The summed E-state index contributed by atoms with van der Waals surface area (Å²) in [7, 11) is 2.60. The second-order valence-corrected chi connectivity index (χ2v) is 7.59. The Morgan fingerprint density at radius 1 is 1.14 bits per heavy atom. The van der Waals surface area contributed by atoms with Crippen molar-refractivity contribution in [1.29, 1.82) is 0 Å². The maximum atomic E-state index is 12.4. The molecule has 2 aromatic rings. The highest BCUT2D eigenvalue weighted by Gasteiger charge is 2.38. The van der Waals surface area contributed by atoms with Crippen molar-refractivity contribution in [2.75, 3.05) is 19.5 Å². The summed E-state index contributed by atoms with van der Waals surface area (Å²) in [5.41, 5.74) is 2.89. The number of amides is 1. The molecular weight excluding hydrogens is 378 g/mol. The summed E-state index contributed by atoms with van der Waals surface area (Å²) in [5.74, 6) is -1.84. The van der Waals surface area contributed by atoms with Crippen LogP contribution in [0.4, 0.5) is 5.00 Å². The Morgan fingerprint density at radius 3 is 2.50 bits per heavy atom. The highest BCUT2D eigenvalue weighted by Crippen LogP contribution is 2.45. The van der Waals surface area contributed by atoms with Crippen LogP contribution in [-0.2, 0) is 25.5 Å². The number of carbonyl (C=O) groups excluding carboxylic acids is 3. The number of methoxy groups -OCH3 is 2. The number of rotatable bonds is 5. The standard InChI is InChI=1S/C21H21NO5S/c1-12-4-6-13(7-5-12)8-11-16(23)22-19-18(21(25)27-3)17-14(20(24)26-2)9-10-15(17)28-19/h4-8,11,14H,9-10H2,1-3H3,(H,22,23)/b11-8+. The van der Waals surface area contributed by atoms with Gasteiger partial charge in [-0.25, -0.2) is 4.79 Å². The van der Waals surface area contributed by atoms with Gasteiger partial charge in [0, 0.05) is 11.0 Å². The molecule has 1 aromatic heterocycles. The Kier molecular flexibility index (Phi) is 5.94. The first kappa shape index (κ1) is 19.8. The molecule has 0 fully saturated rings. The summed E-state index contributed by atoms with van der Waals surface area (Å²) in [4.78, 5) is 37.7. The molecule has 7 heteroatoms. The molecule has 1 heterocycles. The number of fused-ring (bicyclic) bond motifs is 1. The highest BCUT2D eigenvalue weighted by atomic mass is 32.1. The maximum absolute atomic E-state index is 12.4. The summed E-state index contributed by atoms with van der Waals surface area (Å²) in [5, 5.41) is 3.15. The Balaban J connectivity index is 1.86. The Bertz CT molecular complexity index is 942. The maximum Gasteiger partial charge on any atom is 0.341 e. The van der Waals surface area contributed by atoms with Crippen molar-refractivity contribution in [2.24, 2.45) is 0 Å². The molecule has 3 rings (SSSR count). The minimum absolute atomic E-state index is 0.243. The van der Waals surface area contributed by atoms with E-state index in [1.165, 1.54) is 31.6 Å². The molecule has 0 bridgehead atoms. The third-order valence-corrected chi connectivity index (χ3v) is 5.83. The fraction of sp³-hybridized carbons (Fsp3) is 0.286. The van der Waals surface area contributed by atoms with Crippen LogP contribution in [0.25, 0.3) is 6.08 Å². The first-order valence-electron chi connectivity index (χ1n) is 8.82. The predicted molar refractivity (Wildman–Crippen MR) is 108 cm³/mol. The van der Waals surface area contributed by atoms with Gasteiger partial charge >= 0.3 is 11.9 Å². The van der Waals surface area contributed by atoms with Crippen LogP contribution in [0.5, 0.6) is 0 Å². The predicted octanol–water partition coefficient (Wildman–Crippen LogP) is 3.70. The molecule has 1 aliphatic carbocycles. The largest absolute Gasteiger partial charge is 0.469 e. The second-order valence-electron chi connectivity index (χ2n) is 6.48. The van der Waals surface area contributed by atoms with E-state index in [2.05, 4.69) is 5.32 Å². The fourth-order valence-electron chi connectivity index (χ4n) is 3.24. The van der Waals surface area contributed by atoms with Gasteiger partial charge in [0.15, 0.2) is 0 Å². The zero-order valence-corrected chi connectivity index (χ0v) is 16.7. The van der Waals surface area contributed by atoms with E-state index in [0.29, 0.717) is 23.4 Å². The Labute approximate surface area is 167 Å². The van der Waals surface area contributed by atoms with Crippen LogP contribution in [0.2, 0.25) is 0 Å². The molecule has 1 amide bonds. The monoisotopic (exact) mass is 399 g/mol. The summed E-state index contributed by atoms with van der Waals surface area (Å²) in [6.45, 7) is 1.99. The Hall–Kier alpha value is -2.93. The average molecular weight is 399 g/mol. The van der Waals surface area contributed by atoms with E-state index in [4.69, 9.17) is 9.47 Å². The van der Waals surface area contributed by atoms with Crippen molar-refractivity contribution in [3.63, 3.8) is 0 Å². The Morgan fingerprint density at radius 2 is 1.86 bits per heavy atom. The first-order chi connectivity index (χ1) is 13.4. The molecule has 0 saturated heterocycles. The van der Waals surface area contributed by atoms with E-state index in [1.807, 2.05) is 31.2 Å². The highest BCUT2D eigenvalue weighted by molar-refractivity contribution is 7.17. The average Bonchev–Trinajstić information content (AvgIpc) is 3.25. The third-order valence-electron chi connectivity index (χ3n) is 4.65. The van der Waals surface area contributed by atoms with Gasteiger partial charge in [-0.15, -0.1) is 11.3 Å². The van der Waals surface area contributed by atoms with Crippen molar-refractivity contribution in [3.05, 3.63) is 57.5 Å². The summed E-state index contributed by atoms with van der Waals surface area (Å²) in [6, 6.07) is 7.76. The van der Waals surface area contributed by atoms with Crippen molar-refractivity contribution < 1.29 is 23.9 Å².